The van der Waals surface area contributed by atoms with E-state index in [4.69, 9.17) is 47.4 Å². The van der Waals surface area contributed by atoms with Crippen molar-refractivity contribution >= 4 is 41.8 Å². The summed E-state index contributed by atoms with van der Waals surface area (Å²) >= 11 is 0. The van der Waals surface area contributed by atoms with Crippen LogP contribution in [0.2, 0.25) is 0 Å². The van der Waals surface area contributed by atoms with Crippen molar-refractivity contribution in [1.82, 2.24) is 0 Å². The van der Waals surface area contributed by atoms with Crippen LogP contribution in [0.5, 0.6) is 0 Å². The van der Waals surface area contributed by atoms with E-state index in [9.17, 15) is 33.6 Å². The number of hydrogen-bond acceptors (Lipinski definition) is 17. The lowest BCUT2D eigenvalue weighted by Crippen LogP contribution is -2.66. The normalized spacial score (nSPS) is 26.5. The Balaban J connectivity index is 1.60. The molecule has 2 saturated heterocycles. The molecule has 0 N–H and O–H groups in total. The Morgan fingerprint density at radius 2 is 0.810 bits per heavy atom. The molecule has 17 nitrogen and oxygen atoms in total. The Hall–Kier alpha value is -6.17. The minimum Gasteiger partial charge on any atom is -0.463 e. The van der Waals surface area contributed by atoms with Crippen molar-refractivity contribution in [1.29, 1.82) is 0 Å². The number of rotatable bonds is 13. The van der Waals surface area contributed by atoms with Crippen LogP contribution in [0.4, 0.5) is 0 Å². The first-order chi connectivity index (χ1) is 27.7. The van der Waals surface area contributed by atoms with Crippen LogP contribution in [0.3, 0.4) is 0 Å². The number of ether oxygens (including phenoxy) is 10. The molecule has 0 aliphatic carbocycles. The average molecular weight is 807 g/mol. The minimum absolute atomic E-state index is 0.0677. The van der Waals surface area contributed by atoms with Crippen molar-refractivity contribution in [2.24, 2.45) is 0 Å². The van der Waals surface area contributed by atoms with E-state index >= 15 is 0 Å². The zero-order valence-electron chi connectivity index (χ0n) is 32.1. The largest absolute Gasteiger partial charge is 0.463 e. The first kappa shape index (κ1) is 43.0. The van der Waals surface area contributed by atoms with Crippen LogP contribution in [0.1, 0.15) is 65.7 Å². The topological polar surface area (TPSA) is 212 Å². The quantitative estimate of drug-likeness (QED) is 0.179. The lowest BCUT2D eigenvalue weighted by Gasteiger charge is -2.47. The Labute approximate surface area is 332 Å². The van der Waals surface area contributed by atoms with Gasteiger partial charge in [0.2, 0.25) is 12.6 Å². The highest BCUT2D eigenvalue weighted by Crippen LogP contribution is 2.36. The highest BCUT2D eigenvalue weighted by Gasteiger charge is 2.57. The molecule has 2 aliphatic heterocycles. The molecule has 3 aromatic carbocycles. The number of carbonyl (C=O) groups is 7. The highest BCUT2D eigenvalue weighted by atomic mass is 16.8. The van der Waals surface area contributed by atoms with Gasteiger partial charge in [-0.1, -0.05) is 54.6 Å². The molecule has 2 heterocycles. The molecular formula is C41H42O17. The molecule has 0 bridgehead atoms. The van der Waals surface area contributed by atoms with Gasteiger partial charge < -0.3 is 47.4 Å². The van der Waals surface area contributed by atoms with Crippen LogP contribution in [0.15, 0.2) is 91.0 Å². The van der Waals surface area contributed by atoms with E-state index < -0.39 is 110 Å². The van der Waals surface area contributed by atoms with Gasteiger partial charge in [-0.2, -0.15) is 0 Å². The predicted molar refractivity (Wildman–Crippen MR) is 194 cm³/mol. The lowest BCUT2D eigenvalue weighted by molar-refractivity contribution is -0.372. The van der Waals surface area contributed by atoms with E-state index in [-0.39, 0.29) is 16.7 Å². The summed E-state index contributed by atoms with van der Waals surface area (Å²) in [6, 6.07) is 23.5. The third-order valence-electron chi connectivity index (χ3n) is 8.70. The van der Waals surface area contributed by atoms with Crippen LogP contribution in [0.25, 0.3) is 0 Å². The number of benzene rings is 3. The Bertz CT molecular complexity index is 1920. The predicted octanol–water partition coefficient (Wildman–Crippen LogP) is 3.51. The number of carbonyl (C=O) groups excluding carboxylic acids is 7. The number of hydrogen-bond donors (Lipinski definition) is 0. The average Bonchev–Trinajstić information content (AvgIpc) is 3.19. The van der Waals surface area contributed by atoms with E-state index in [0.717, 1.165) is 27.7 Å². The smallest absolute Gasteiger partial charge is 0.338 e. The number of esters is 7. The van der Waals surface area contributed by atoms with Gasteiger partial charge in [-0.25, -0.2) is 14.4 Å². The fourth-order valence-corrected chi connectivity index (χ4v) is 6.23. The van der Waals surface area contributed by atoms with Gasteiger partial charge in [0.1, 0.15) is 12.7 Å². The lowest BCUT2D eigenvalue weighted by atomic mass is 9.97. The molecule has 10 atom stereocenters. The van der Waals surface area contributed by atoms with Gasteiger partial charge in [-0.3, -0.25) is 19.2 Å². The maximum Gasteiger partial charge on any atom is 0.338 e. The van der Waals surface area contributed by atoms with Crippen molar-refractivity contribution in [3.05, 3.63) is 108 Å². The second-order valence-corrected chi connectivity index (χ2v) is 13.1. The van der Waals surface area contributed by atoms with Crippen LogP contribution < -0.4 is 0 Å². The maximum absolute atomic E-state index is 13.8. The molecule has 10 unspecified atom stereocenters. The molecule has 0 spiro atoms. The second kappa shape index (κ2) is 19.8. The van der Waals surface area contributed by atoms with Gasteiger partial charge in [0.15, 0.2) is 36.6 Å². The van der Waals surface area contributed by atoms with Gasteiger partial charge in [0.05, 0.1) is 22.8 Å². The maximum atomic E-state index is 13.8. The summed E-state index contributed by atoms with van der Waals surface area (Å²) in [4.78, 5) is 90.1. The zero-order chi connectivity index (χ0) is 41.9. The molecular weight excluding hydrogens is 764 g/mol. The van der Waals surface area contributed by atoms with Crippen LogP contribution >= 0.6 is 0 Å². The van der Waals surface area contributed by atoms with Crippen LogP contribution in [-0.2, 0) is 66.5 Å². The Kier molecular flexibility index (Phi) is 14.7. The molecule has 3 aromatic rings. The van der Waals surface area contributed by atoms with Crippen molar-refractivity contribution in [3.63, 3.8) is 0 Å². The molecule has 0 aromatic heterocycles. The standard InChI is InChI=1S/C41H42O17/c1-22-31(55-37(46)27-15-9-6-10-16-27)33(56-38(47)28-17-11-7-12-18-28)36(57-39(48)29-19-13-8-14-20-29)40(50-22)58-41-35(53-26(5)45)34(52-25(4)44)32(51-24(3)43)30(54-41)21-49-23(2)42/h6-20,22,30-36,40-41H,21H2,1-5H3. The minimum atomic E-state index is -1.82. The van der Waals surface area contributed by atoms with E-state index in [1.54, 1.807) is 54.6 Å². The van der Waals surface area contributed by atoms with E-state index in [1.807, 2.05) is 0 Å². The van der Waals surface area contributed by atoms with Gasteiger partial charge in [-0.05, 0) is 43.3 Å². The SMILES string of the molecule is CC(=O)OCC1OC(OC2OC(C)C(OC(=O)c3ccccc3)C(OC(=O)c3ccccc3)C2OC(=O)c2ccccc2)C(OC(C)=O)C(OC(C)=O)C1OC(C)=O. The second-order valence-electron chi connectivity index (χ2n) is 13.1. The third-order valence-corrected chi connectivity index (χ3v) is 8.70. The van der Waals surface area contributed by atoms with Crippen LogP contribution in [0, 0.1) is 0 Å². The fourth-order valence-electron chi connectivity index (χ4n) is 6.23. The van der Waals surface area contributed by atoms with Gasteiger partial charge in [0.25, 0.3) is 0 Å². The highest BCUT2D eigenvalue weighted by molar-refractivity contribution is 5.91. The van der Waals surface area contributed by atoms with Gasteiger partial charge in [-0.15, -0.1) is 0 Å². The van der Waals surface area contributed by atoms with Crippen molar-refractivity contribution in [3.8, 4) is 0 Å². The van der Waals surface area contributed by atoms with Crippen molar-refractivity contribution in [2.45, 2.75) is 96.0 Å². The van der Waals surface area contributed by atoms with Gasteiger partial charge in [0, 0.05) is 27.7 Å². The van der Waals surface area contributed by atoms with Crippen molar-refractivity contribution < 1.29 is 80.9 Å². The molecule has 5 rings (SSSR count). The van der Waals surface area contributed by atoms with E-state index in [2.05, 4.69) is 0 Å². The molecule has 0 amide bonds. The van der Waals surface area contributed by atoms with E-state index in [1.165, 1.54) is 43.3 Å². The summed E-state index contributed by atoms with van der Waals surface area (Å²) in [5.74, 6) is -6.05. The molecule has 0 saturated carbocycles. The summed E-state index contributed by atoms with van der Waals surface area (Å²) in [5.41, 5.74) is 0.314. The molecule has 308 valence electrons. The monoisotopic (exact) mass is 806 g/mol. The first-order valence-corrected chi connectivity index (χ1v) is 18.1. The van der Waals surface area contributed by atoms with E-state index in [0.29, 0.717) is 0 Å². The summed E-state index contributed by atoms with van der Waals surface area (Å²) < 4.78 is 58.3. The van der Waals surface area contributed by atoms with Crippen molar-refractivity contribution in [2.75, 3.05) is 6.61 Å². The van der Waals surface area contributed by atoms with Crippen LogP contribution in [-0.4, -0.2) is 110 Å². The summed E-state index contributed by atoms with van der Waals surface area (Å²) in [5, 5.41) is 0. The third kappa shape index (κ3) is 11.2. The summed E-state index contributed by atoms with van der Waals surface area (Å²) in [7, 11) is 0. The molecule has 58 heavy (non-hydrogen) atoms. The first-order valence-electron chi connectivity index (χ1n) is 18.1. The summed E-state index contributed by atoms with van der Waals surface area (Å²) in [6.07, 6.45) is -15.9. The molecule has 0 radical (unpaired) electrons. The zero-order valence-corrected chi connectivity index (χ0v) is 32.1. The Morgan fingerprint density at radius 1 is 0.448 bits per heavy atom. The molecule has 2 fully saturated rings. The Morgan fingerprint density at radius 3 is 1.26 bits per heavy atom. The fraction of sp³-hybridized carbons (Fsp3) is 0.390. The molecule has 2 aliphatic rings. The molecule has 17 heteroatoms. The summed E-state index contributed by atoms with van der Waals surface area (Å²) in [6.45, 7) is 5.19. The van der Waals surface area contributed by atoms with Gasteiger partial charge >= 0.3 is 41.8 Å².